The number of para-hydroxylation sites is 1. The molecule has 0 saturated heterocycles. The summed E-state index contributed by atoms with van der Waals surface area (Å²) in [6.45, 7) is 0. The fourth-order valence-corrected chi connectivity index (χ4v) is 0.803. The monoisotopic (exact) mass is 223 g/mol. The summed E-state index contributed by atoms with van der Waals surface area (Å²) >= 11 is 0. The molecule has 0 unspecified atom stereocenters. The second kappa shape index (κ2) is 6.09. The zero-order valence-electron chi connectivity index (χ0n) is 8.34. The molecule has 1 aromatic carbocycles. The van der Waals surface area contributed by atoms with Gasteiger partial charge in [-0.15, -0.1) is 10.1 Å². The SMILES string of the molecule is O=C(O)c1ccccc1O[N+](=O)[O-].[H-].[K+]. The molecular formula is C7H6KNO5. The first-order chi connectivity index (χ1) is 6.11. The largest absolute Gasteiger partial charge is 1.00 e. The molecule has 1 N–H and O–H groups in total. The normalized spacial score (nSPS) is 8.57. The zero-order valence-corrected chi connectivity index (χ0v) is 10.5. The number of carboxylic acids is 1. The summed E-state index contributed by atoms with van der Waals surface area (Å²) in [5, 5.41) is 17.5. The molecule has 0 aliphatic rings. The molecule has 0 spiro atoms. The molecule has 0 amide bonds. The molecule has 1 aromatic rings. The molecule has 6 nitrogen and oxygen atoms in total. The quantitative estimate of drug-likeness (QED) is 0.366. The van der Waals surface area contributed by atoms with Crippen molar-refractivity contribution in [1.29, 1.82) is 0 Å². The van der Waals surface area contributed by atoms with Crippen molar-refractivity contribution >= 4 is 5.97 Å². The van der Waals surface area contributed by atoms with E-state index in [4.69, 9.17) is 5.11 Å². The van der Waals surface area contributed by atoms with Crippen LogP contribution in [-0.4, -0.2) is 16.2 Å². The molecule has 0 aliphatic carbocycles. The number of carboxylic acid groups (broad SMARTS) is 1. The molecular weight excluding hydrogens is 217 g/mol. The Balaban J connectivity index is 0. The maximum absolute atomic E-state index is 10.5. The number of hydrogen-bond donors (Lipinski definition) is 1. The summed E-state index contributed by atoms with van der Waals surface area (Å²) in [5.41, 5.74) is -0.237. The van der Waals surface area contributed by atoms with Gasteiger partial charge in [-0.2, -0.15) is 0 Å². The van der Waals surface area contributed by atoms with E-state index in [1.165, 1.54) is 24.3 Å². The average molecular weight is 223 g/mol. The van der Waals surface area contributed by atoms with Crippen LogP contribution >= 0.6 is 0 Å². The third kappa shape index (κ3) is 3.72. The van der Waals surface area contributed by atoms with Gasteiger partial charge in [-0.1, -0.05) is 12.1 Å². The van der Waals surface area contributed by atoms with Crippen molar-refractivity contribution in [3.05, 3.63) is 39.9 Å². The van der Waals surface area contributed by atoms with Crippen LogP contribution in [0.3, 0.4) is 0 Å². The van der Waals surface area contributed by atoms with E-state index < -0.39 is 11.1 Å². The van der Waals surface area contributed by atoms with Crippen molar-refractivity contribution in [2.24, 2.45) is 0 Å². The van der Waals surface area contributed by atoms with Crippen LogP contribution in [0.15, 0.2) is 24.3 Å². The molecule has 0 aliphatic heterocycles. The fraction of sp³-hybridized carbons (Fsp3) is 0. The van der Waals surface area contributed by atoms with Crippen LogP contribution in [0.4, 0.5) is 0 Å². The second-order valence-electron chi connectivity index (χ2n) is 2.12. The first kappa shape index (κ1) is 13.5. The zero-order chi connectivity index (χ0) is 9.84. The number of rotatable bonds is 3. The van der Waals surface area contributed by atoms with Gasteiger partial charge < -0.3 is 6.53 Å². The molecule has 0 saturated carbocycles. The Hall–Kier alpha value is -0.474. The van der Waals surface area contributed by atoms with Gasteiger partial charge in [0.2, 0.25) is 0 Å². The molecule has 7 heteroatoms. The molecule has 14 heavy (non-hydrogen) atoms. The van der Waals surface area contributed by atoms with Gasteiger partial charge in [0.1, 0.15) is 5.75 Å². The molecule has 0 aromatic heterocycles. The molecule has 0 heterocycles. The molecule has 0 atom stereocenters. The predicted octanol–water partition coefficient (Wildman–Crippen LogP) is -1.93. The van der Waals surface area contributed by atoms with Crippen molar-refractivity contribution in [1.82, 2.24) is 0 Å². The van der Waals surface area contributed by atoms with Gasteiger partial charge in [0.15, 0.2) is 0 Å². The van der Waals surface area contributed by atoms with Gasteiger partial charge in [-0.05, 0) is 12.1 Å². The summed E-state index contributed by atoms with van der Waals surface area (Å²) in [4.78, 5) is 24.5. The standard InChI is InChI=1S/C7H5NO5.K.H/c9-7(10)5-3-1-2-4-6(5)13-8(11)12;;/h1-4H,(H,9,10);;/q;+1;-1. The predicted molar refractivity (Wildman–Crippen MR) is 42.1 cm³/mol. The first-order valence-electron chi connectivity index (χ1n) is 3.26. The Bertz CT molecular complexity index is 359. The van der Waals surface area contributed by atoms with Crippen molar-refractivity contribution < 1.29 is 72.6 Å². The van der Waals surface area contributed by atoms with E-state index in [2.05, 4.69) is 4.84 Å². The minimum absolute atomic E-state index is 0. The third-order valence-corrected chi connectivity index (χ3v) is 1.29. The third-order valence-electron chi connectivity index (χ3n) is 1.29. The van der Waals surface area contributed by atoms with E-state index >= 15 is 0 Å². The number of carbonyl (C=O) groups is 1. The summed E-state index contributed by atoms with van der Waals surface area (Å²) in [5.74, 6) is -1.54. The van der Waals surface area contributed by atoms with Gasteiger partial charge in [0, 0.05) is 0 Å². The van der Waals surface area contributed by atoms with Gasteiger partial charge >= 0.3 is 57.4 Å². The smallest absolute Gasteiger partial charge is 1.00 e. The number of hydrogen-bond acceptors (Lipinski definition) is 4. The summed E-state index contributed by atoms with van der Waals surface area (Å²) in [6, 6.07) is 5.34. The topological polar surface area (TPSA) is 89.7 Å². The van der Waals surface area contributed by atoms with Crippen LogP contribution in [0.25, 0.3) is 0 Å². The summed E-state index contributed by atoms with van der Waals surface area (Å²) in [7, 11) is 0. The molecule has 0 fully saturated rings. The van der Waals surface area contributed by atoms with E-state index in [1.54, 1.807) is 0 Å². The minimum atomic E-state index is -1.27. The van der Waals surface area contributed by atoms with E-state index in [0.717, 1.165) is 0 Å². The van der Waals surface area contributed by atoms with Gasteiger partial charge in [0.25, 0.3) is 5.09 Å². The number of nitrogens with zero attached hydrogens (tertiary/aromatic N) is 1. The van der Waals surface area contributed by atoms with E-state index in [-0.39, 0.29) is 64.1 Å². The number of benzene rings is 1. The van der Waals surface area contributed by atoms with Crippen molar-refractivity contribution in [3.63, 3.8) is 0 Å². The maximum Gasteiger partial charge on any atom is 1.00 e. The average Bonchev–Trinajstić information content (AvgIpc) is 2.03. The molecule has 0 bridgehead atoms. The molecule has 0 radical (unpaired) electrons. The summed E-state index contributed by atoms with van der Waals surface area (Å²) < 4.78 is 0. The van der Waals surface area contributed by atoms with Crippen LogP contribution < -0.4 is 56.2 Å². The van der Waals surface area contributed by atoms with Crippen LogP contribution in [0.2, 0.25) is 0 Å². The second-order valence-corrected chi connectivity index (χ2v) is 2.12. The molecule has 1 rings (SSSR count). The summed E-state index contributed by atoms with van der Waals surface area (Å²) in [6.07, 6.45) is 0. The van der Waals surface area contributed by atoms with Gasteiger partial charge in [-0.25, -0.2) is 4.79 Å². The first-order valence-corrected chi connectivity index (χ1v) is 3.26. The fourth-order valence-electron chi connectivity index (χ4n) is 0.803. The molecule has 70 valence electrons. The van der Waals surface area contributed by atoms with Crippen LogP contribution in [0.1, 0.15) is 11.8 Å². The van der Waals surface area contributed by atoms with Crippen molar-refractivity contribution in [2.75, 3.05) is 0 Å². The Morgan fingerprint density at radius 2 is 2.07 bits per heavy atom. The number of aromatic carboxylic acids is 1. The van der Waals surface area contributed by atoms with Gasteiger partial charge in [0.05, 0.1) is 5.56 Å². The van der Waals surface area contributed by atoms with E-state index in [1.807, 2.05) is 0 Å². The van der Waals surface area contributed by atoms with E-state index in [0.29, 0.717) is 0 Å². The van der Waals surface area contributed by atoms with Crippen LogP contribution in [0, 0.1) is 10.1 Å². The Morgan fingerprint density at radius 3 is 2.57 bits per heavy atom. The minimum Gasteiger partial charge on any atom is -1.00 e. The Labute approximate surface area is 123 Å². The van der Waals surface area contributed by atoms with E-state index in [9.17, 15) is 14.9 Å². The van der Waals surface area contributed by atoms with Crippen LogP contribution in [0.5, 0.6) is 5.75 Å². The van der Waals surface area contributed by atoms with Crippen molar-refractivity contribution in [3.8, 4) is 5.75 Å². The van der Waals surface area contributed by atoms with Gasteiger partial charge in [-0.3, -0.25) is 4.84 Å². The Morgan fingerprint density at radius 1 is 1.50 bits per heavy atom. The maximum atomic E-state index is 10.5. The van der Waals surface area contributed by atoms with Crippen molar-refractivity contribution in [2.45, 2.75) is 0 Å². The van der Waals surface area contributed by atoms with Crippen LogP contribution in [-0.2, 0) is 0 Å². The Kier molecular flexibility index (Phi) is 5.89.